The minimum Gasteiger partial charge on any atom is -0.370 e. The van der Waals surface area contributed by atoms with Crippen molar-refractivity contribution in [1.82, 2.24) is 14.8 Å². The van der Waals surface area contributed by atoms with E-state index in [-0.39, 0.29) is 11.1 Å². The molecule has 2 N–H and O–H groups in total. The number of aromatic nitrogens is 3. The first kappa shape index (κ1) is 15.3. The highest BCUT2D eigenvalue weighted by Crippen LogP contribution is 2.16. The van der Waals surface area contributed by atoms with Crippen molar-refractivity contribution in [3.05, 3.63) is 35.2 Å². The van der Waals surface area contributed by atoms with Crippen LogP contribution < -0.4 is 10.6 Å². The van der Waals surface area contributed by atoms with Crippen molar-refractivity contribution in [1.29, 1.82) is 0 Å². The molecule has 0 unspecified atom stereocenters. The largest absolute Gasteiger partial charge is 0.370 e. The van der Waals surface area contributed by atoms with Crippen LogP contribution in [0.5, 0.6) is 0 Å². The number of nitrogens with zero attached hydrogens (tertiary/aromatic N) is 3. The van der Waals surface area contributed by atoms with Crippen LogP contribution in [0.3, 0.4) is 0 Å². The Morgan fingerprint density at radius 2 is 2.19 bits per heavy atom. The van der Waals surface area contributed by atoms with E-state index in [9.17, 15) is 4.79 Å². The Morgan fingerprint density at radius 1 is 1.38 bits per heavy atom. The van der Waals surface area contributed by atoms with E-state index in [1.165, 1.54) is 6.07 Å². The normalized spacial score (nSPS) is 10.4. The maximum atomic E-state index is 12.2. The monoisotopic (exact) mass is 307 g/mol. The number of aryl methyl sites for hydroxylation is 1. The number of halogens is 1. The average Bonchev–Trinajstić information content (AvgIpc) is 2.92. The van der Waals surface area contributed by atoms with Crippen molar-refractivity contribution >= 4 is 29.0 Å². The number of anilines is 2. The summed E-state index contributed by atoms with van der Waals surface area (Å²) in [6.07, 6.45) is 4.35. The van der Waals surface area contributed by atoms with Gasteiger partial charge in [0.2, 0.25) is 0 Å². The fourth-order valence-corrected chi connectivity index (χ4v) is 1.98. The molecule has 2 aromatic heterocycles. The van der Waals surface area contributed by atoms with Crippen LogP contribution in [-0.2, 0) is 6.54 Å². The summed E-state index contributed by atoms with van der Waals surface area (Å²) in [5.41, 5.74) is 1.11. The zero-order chi connectivity index (χ0) is 15.2. The molecule has 0 saturated carbocycles. The second-order valence-corrected chi connectivity index (χ2v) is 4.92. The Morgan fingerprint density at radius 3 is 2.86 bits per heavy atom. The minimum atomic E-state index is -0.241. The molecule has 0 fully saturated rings. The van der Waals surface area contributed by atoms with Crippen molar-refractivity contribution in [2.24, 2.45) is 0 Å². The second kappa shape index (κ2) is 7.08. The number of carbonyl (C=O) groups excluding carboxylic acids is 1. The van der Waals surface area contributed by atoms with Gasteiger partial charge in [0.05, 0.1) is 11.9 Å². The molecule has 0 aliphatic carbocycles. The van der Waals surface area contributed by atoms with Crippen molar-refractivity contribution in [3.8, 4) is 0 Å². The molecule has 2 rings (SSSR count). The van der Waals surface area contributed by atoms with Gasteiger partial charge >= 0.3 is 0 Å². The van der Waals surface area contributed by atoms with Gasteiger partial charge in [-0.25, -0.2) is 4.98 Å². The Labute approximate surface area is 128 Å². The standard InChI is InChI=1S/C14H18ClN5O/c1-3-5-16-13-7-10(6-12(15)19-13)14(21)18-11-8-17-20(4-2)9-11/h6-9H,3-5H2,1-2H3,(H,16,19)(H,18,21). The lowest BCUT2D eigenvalue weighted by molar-refractivity contribution is 0.102. The zero-order valence-corrected chi connectivity index (χ0v) is 12.8. The van der Waals surface area contributed by atoms with E-state index in [0.29, 0.717) is 17.1 Å². The molecule has 0 bridgehead atoms. The number of nitrogens with one attached hydrogen (secondary N) is 2. The van der Waals surface area contributed by atoms with Gasteiger partial charge in [0.15, 0.2) is 0 Å². The third-order valence-electron chi connectivity index (χ3n) is 2.83. The van der Waals surface area contributed by atoms with Crippen LogP contribution in [0.2, 0.25) is 5.15 Å². The summed E-state index contributed by atoms with van der Waals surface area (Å²) in [4.78, 5) is 16.4. The predicted octanol–water partition coefficient (Wildman–Crippen LogP) is 3.03. The highest BCUT2D eigenvalue weighted by Gasteiger charge is 2.10. The fraction of sp³-hybridized carbons (Fsp3) is 0.357. The van der Waals surface area contributed by atoms with Crippen LogP contribution in [0, 0.1) is 0 Å². The number of rotatable bonds is 6. The maximum absolute atomic E-state index is 12.2. The van der Waals surface area contributed by atoms with E-state index in [0.717, 1.165) is 19.5 Å². The van der Waals surface area contributed by atoms with Gasteiger partial charge in [-0.05, 0) is 25.5 Å². The van der Waals surface area contributed by atoms with Crippen molar-refractivity contribution < 1.29 is 4.79 Å². The summed E-state index contributed by atoms with van der Waals surface area (Å²) >= 11 is 5.95. The minimum absolute atomic E-state index is 0.241. The van der Waals surface area contributed by atoms with Gasteiger partial charge in [0, 0.05) is 24.8 Å². The SMILES string of the molecule is CCCNc1cc(C(=O)Nc2cnn(CC)c2)cc(Cl)n1. The summed E-state index contributed by atoms with van der Waals surface area (Å²) in [6, 6.07) is 3.22. The zero-order valence-electron chi connectivity index (χ0n) is 12.1. The number of pyridine rings is 1. The van der Waals surface area contributed by atoms with Crippen LogP contribution in [0.25, 0.3) is 0 Å². The summed E-state index contributed by atoms with van der Waals surface area (Å²) in [5.74, 6) is 0.355. The van der Waals surface area contributed by atoms with Crippen LogP contribution in [0.1, 0.15) is 30.6 Å². The van der Waals surface area contributed by atoms with Crippen LogP contribution in [0.4, 0.5) is 11.5 Å². The summed E-state index contributed by atoms with van der Waals surface area (Å²) in [6.45, 7) is 5.56. The van der Waals surface area contributed by atoms with Gasteiger partial charge in [-0.2, -0.15) is 5.10 Å². The Bertz CT molecular complexity index is 626. The lowest BCUT2D eigenvalue weighted by Gasteiger charge is -2.07. The van der Waals surface area contributed by atoms with E-state index < -0.39 is 0 Å². The molecule has 0 aromatic carbocycles. The molecule has 0 aliphatic heterocycles. The molecule has 21 heavy (non-hydrogen) atoms. The number of amides is 1. The van der Waals surface area contributed by atoms with Crippen molar-refractivity contribution in [2.75, 3.05) is 17.2 Å². The molecule has 2 aromatic rings. The molecule has 0 spiro atoms. The average molecular weight is 308 g/mol. The maximum Gasteiger partial charge on any atom is 0.255 e. The smallest absolute Gasteiger partial charge is 0.255 e. The number of hydrogen-bond acceptors (Lipinski definition) is 4. The molecule has 0 saturated heterocycles. The highest BCUT2D eigenvalue weighted by molar-refractivity contribution is 6.30. The second-order valence-electron chi connectivity index (χ2n) is 4.53. The first-order valence-electron chi connectivity index (χ1n) is 6.87. The summed E-state index contributed by atoms with van der Waals surface area (Å²) in [5, 5.41) is 10.3. The molecule has 1 amide bonds. The Hall–Kier alpha value is -2.08. The Kier molecular flexibility index (Phi) is 5.16. The van der Waals surface area contributed by atoms with Crippen molar-refractivity contribution in [2.45, 2.75) is 26.8 Å². The molecule has 7 heteroatoms. The van der Waals surface area contributed by atoms with Gasteiger partial charge < -0.3 is 10.6 Å². The third-order valence-corrected chi connectivity index (χ3v) is 3.02. The lowest BCUT2D eigenvalue weighted by Crippen LogP contribution is -2.13. The van der Waals surface area contributed by atoms with E-state index in [1.54, 1.807) is 23.1 Å². The van der Waals surface area contributed by atoms with Crippen molar-refractivity contribution in [3.63, 3.8) is 0 Å². The first-order valence-corrected chi connectivity index (χ1v) is 7.25. The van der Waals surface area contributed by atoms with E-state index in [4.69, 9.17) is 11.6 Å². The number of carbonyl (C=O) groups is 1. The molecule has 0 radical (unpaired) electrons. The van der Waals surface area contributed by atoms with Crippen LogP contribution in [0.15, 0.2) is 24.5 Å². The summed E-state index contributed by atoms with van der Waals surface area (Å²) < 4.78 is 1.74. The molecule has 0 atom stereocenters. The summed E-state index contributed by atoms with van der Waals surface area (Å²) in [7, 11) is 0. The lowest BCUT2D eigenvalue weighted by atomic mass is 10.2. The van der Waals surface area contributed by atoms with Crippen LogP contribution in [-0.4, -0.2) is 27.2 Å². The quantitative estimate of drug-likeness (QED) is 0.805. The van der Waals surface area contributed by atoms with Gasteiger partial charge in [0.25, 0.3) is 5.91 Å². The molecule has 0 aliphatic rings. The molecule has 2 heterocycles. The van der Waals surface area contributed by atoms with Crippen LogP contribution >= 0.6 is 11.6 Å². The van der Waals surface area contributed by atoms with E-state index in [2.05, 4.69) is 27.6 Å². The topological polar surface area (TPSA) is 71.8 Å². The number of hydrogen-bond donors (Lipinski definition) is 2. The molecule has 112 valence electrons. The molecular formula is C14H18ClN5O. The van der Waals surface area contributed by atoms with Gasteiger partial charge in [-0.15, -0.1) is 0 Å². The predicted molar refractivity (Wildman–Crippen MR) is 83.9 cm³/mol. The fourth-order valence-electron chi connectivity index (χ4n) is 1.78. The molecular weight excluding hydrogens is 290 g/mol. The highest BCUT2D eigenvalue weighted by atomic mass is 35.5. The third kappa shape index (κ3) is 4.19. The van der Waals surface area contributed by atoms with E-state index in [1.807, 2.05) is 6.92 Å². The van der Waals surface area contributed by atoms with Gasteiger partial charge in [0.1, 0.15) is 11.0 Å². The van der Waals surface area contributed by atoms with E-state index >= 15 is 0 Å². The Balaban J connectivity index is 2.12. The first-order chi connectivity index (χ1) is 10.1. The van der Waals surface area contributed by atoms with Gasteiger partial charge in [-0.1, -0.05) is 18.5 Å². The molecule has 6 nitrogen and oxygen atoms in total. The van der Waals surface area contributed by atoms with Gasteiger partial charge in [-0.3, -0.25) is 9.48 Å².